The number of nitrogens with zero attached hydrogens (tertiary/aromatic N) is 2. The van der Waals surface area contributed by atoms with Gasteiger partial charge in [0, 0.05) is 18.9 Å². The fourth-order valence-electron chi connectivity index (χ4n) is 1.52. The number of hydrogen-bond acceptors (Lipinski definition) is 2. The molecule has 4 heteroatoms. The monoisotopic (exact) mass is 235 g/mol. The molecule has 1 N–H and O–H groups in total. The normalized spacial score (nSPS) is 10.8. The minimum atomic E-state index is 0.719. The second kappa shape index (κ2) is 5.14. The van der Waals surface area contributed by atoms with E-state index in [4.69, 9.17) is 11.6 Å². The van der Waals surface area contributed by atoms with Crippen LogP contribution < -0.4 is 5.32 Å². The Bertz CT molecular complexity index is 490. The molecule has 2 aromatic rings. The molecule has 0 aromatic carbocycles. The van der Waals surface area contributed by atoms with Crippen molar-refractivity contribution < 1.29 is 0 Å². The van der Waals surface area contributed by atoms with E-state index in [2.05, 4.69) is 16.9 Å². The van der Waals surface area contributed by atoms with Gasteiger partial charge in [-0.05, 0) is 25.1 Å². The molecule has 2 heterocycles. The first kappa shape index (κ1) is 11.2. The van der Waals surface area contributed by atoms with Crippen molar-refractivity contribution in [1.82, 2.24) is 14.7 Å². The van der Waals surface area contributed by atoms with E-state index in [1.807, 2.05) is 35.0 Å². The number of imidazole rings is 1. The van der Waals surface area contributed by atoms with Crippen molar-refractivity contribution in [3.63, 3.8) is 0 Å². The lowest BCUT2D eigenvalue weighted by atomic mass is 10.4. The predicted octanol–water partition coefficient (Wildman–Crippen LogP) is 2.65. The van der Waals surface area contributed by atoms with Crippen LogP contribution >= 0.6 is 11.6 Å². The molecule has 0 saturated carbocycles. The molecule has 84 valence electrons. The highest BCUT2D eigenvalue weighted by atomic mass is 35.5. The number of halogens is 1. The molecule has 0 spiro atoms. The molecular weight excluding hydrogens is 222 g/mol. The SMILES string of the molecule is C=CCCNCc1cn2cc(Cl)ccc2n1. The molecule has 0 saturated heterocycles. The van der Waals surface area contributed by atoms with E-state index >= 15 is 0 Å². The third-order valence-corrected chi connectivity index (χ3v) is 2.52. The van der Waals surface area contributed by atoms with Gasteiger partial charge in [0.1, 0.15) is 5.65 Å². The summed E-state index contributed by atoms with van der Waals surface area (Å²) >= 11 is 5.90. The molecule has 0 radical (unpaired) electrons. The number of rotatable bonds is 5. The highest BCUT2D eigenvalue weighted by molar-refractivity contribution is 6.30. The second-order valence-electron chi connectivity index (χ2n) is 3.60. The lowest BCUT2D eigenvalue weighted by molar-refractivity contribution is 0.686. The Labute approximate surface area is 99.8 Å². The summed E-state index contributed by atoms with van der Waals surface area (Å²) in [6.07, 6.45) is 6.72. The summed E-state index contributed by atoms with van der Waals surface area (Å²) in [5.41, 5.74) is 1.94. The van der Waals surface area contributed by atoms with E-state index in [0.29, 0.717) is 0 Å². The van der Waals surface area contributed by atoms with Crippen LogP contribution in [0, 0.1) is 0 Å². The van der Waals surface area contributed by atoms with Gasteiger partial charge in [-0.2, -0.15) is 0 Å². The molecule has 0 unspecified atom stereocenters. The maximum Gasteiger partial charge on any atom is 0.137 e. The molecule has 2 aromatic heterocycles. The first-order valence-electron chi connectivity index (χ1n) is 5.24. The molecule has 3 nitrogen and oxygen atoms in total. The molecule has 0 aliphatic carbocycles. The minimum absolute atomic E-state index is 0.719. The Morgan fingerprint density at radius 3 is 3.12 bits per heavy atom. The summed E-state index contributed by atoms with van der Waals surface area (Å²) < 4.78 is 1.94. The van der Waals surface area contributed by atoms with Gasteiger partial charge in [-0.15, -0.1) is 6.58 Å². The number of pyridine rings is 1. The summed E-state index contributed by atoms with van der Waals surface area (Å²) in [6, 6.07) is 3.76. The number of aromatic nitrogens is 2. The fourth-order valence-corrected chi connectivity index (χ4v) is 1.69. The topological polar surface area (TPSA) is 29.3 Å². The molecule has 0 aliphatic rings. The smallest absolute Gasteiger partial charge is 0.137 e. The lowest BCUT2D eigenvalue weighted by Crippen LogP contribution is -2.14. The quantitative estimate of drug-likeness (QED) is 0.638. The molecule has 0 bridgehead atoms. The largest absolute Gasteiger partial charge is 0.311 e. The van der Waals surface area contributed by atoms with E-state index < -0.39 is 0 Å². The van der Waals surface area contributed by atoms with Gasteiger partial charge < -0.3 is 9.72 Å². The van der Waals surface area contributed by atoms with E-state index in [9.17, 15) is 0 Å². The van der Waals surface area contributed by atoms with Gasteiger partial charge in [0.15, 0.2) is 0 Å². The van der Waals surface area contributed by atoms with Gasteiger partial charge in [-0.1, -0.05) is 17.7 Å². The average Bonchev–Trinajstić information content (AvgIpc) is 2.66. The molecule has 0 atom stereocenters. The highest BCUT2D eigenvalue weighted by Crippen LogP contribution is 2.11. The Morgan fingerprint density at radius 2 is 2.31 bits per heavy atom. The third kappa shape index (κ3) is 2.62. The predicted molar refractivity (Wildman–Crippen MR) is 66.7 cm³/mol. The maximum atomic E-state index is 5.90. The van der Waals surface area contributed by atoms with Crippen molar-refractivity contribution in [3.8, 4) is 0 Å². The van der Waals surface area contributed by atoms with Crippen LogP contribution in [0.15, 0.2) is 37.2 Å². The number of hydrogen-bond donors (Lipinski definition) is 1. The van der Waals surface area contributed by atoms with Crippen molar-refractivity contribution in [3.05, 3.63) is 47.9 Å². The van der Waals surface area contributed by atoms with Crippen molar-refractivity contribution in [2.24, 2.45) is 0 Å². The average molecular weight is 236 g/mol. The molecule has 0 amide bonds. The van der Waals surface area contributed by atoms with Crippen LogP contribution in [0.2, 0.25) is 5.02 Å². The van der Waals surface area contributed by atoms with E-state index in [0.717, 1.165) is 35.9 Å². The zero-order valence-electron chi connectivity index (χ0n) is 8.99. The van der Waals surface area contributed by atoms with Gasteiger partial charge in [-0.25, -0.2) is 4.98 Å². The molecule has 0 fully saturated rings. The lowest BCUT2D eigenvalue weighted by Gasteiger charge is -1.97. The molecule has 0 aliphatic heterocycles. The summed E-state index contributed by atoms with van der Waals surface area (Å²) in [5.74, 6) is 0. The van der Waals surface area contributed by atoms with Crippen LogP contribution in [0.1, 0.15) is 12.1 Å². The number of nitrogens with one attached hydrogen (secondary N) is 1. The third-order valence-electron chi connectivity index (χ3n) is 2.30. The maximum absolute atomic E-state index is 5.90. The minimum Gasteiger partial charge on any atom is -0.311 e. The van der Waals surface area contributed by atoms with Crippen molar-refractivity contribution >= 4 is 17.2 Å². The van der Waals surface area contributed by atoms with Gasteiger partial charge in [0.05, 0.1) is 10.7 Å². The van der Waals surface area contributed by atoms with Gasteiger partial charge >= 0.3 is 0 Å². The van der Waals surface area contributed by atoms with Crippen LogP contribution in [0.5, 0.6) is 0 Å². The van der Waals surface area contributed by atoms with Crippen molar-refractivity contribution in [2.45, 2.75) is 13.0 Å². The van der Waals surface area contributed by atoms with E-state index in [1.54, 1.807) is 0 Å². The van der Waals surface area contributed by atoms with Crippen LogP contribution in [0.25, 0.3) is 5.65 Å². The summed E-state index contributed by atoms with van der Waals surface area (Å²) in [5, 5.41) is 4.02. The van der Waals surface area contributed by atoms with Gasteiger partial charge in [-0.3, -0.25) is 0 Å². The highest BCUT2D eigenvalue weighted by Gasteiger charge is 2.00. The first-order valence-corrected chi connectivity index (χ1v) is 5.62. The zero-order valence-corrected chi connectivity index (χ0v) is 9.74. The van der Waals surface area contributed by atoms with Crippen LogP contribution in [-0.4, -0.2) is 15.9 Å². The standard InChI is InChI=1S/C12H14ClN3/c1-2-3-6-14-7-11-9-16-8-10(13)4-5-12(16)15-11/h2,4-5,8-9,14H,1,3,6-7H2. The summed E-state index contributed by atoms with van der Waals surface area (Å²) in [6.45, 7) is 5.37. The Kier molecular flexibility index (Phi) is 3.59. The molecular formula is C12H14ClN3. The van der Waals surface area contributed by atoms with E-state index in [-0.39, 0.29) is 0 Å². The number of fused-ring (bicyclic) bond motifs is 1. The summed E-state index contributed by atoms with van der Waals surface area (Å²) in [7, 11) is 0. The summed E-state index contributed by atoms with van der Waals surface area (Å²) in [4.78, 5) is 4.47. The first-order chi connectivity index (χ1) is 7.79. The Hall–Kier alpha value is -1.32. The Balaban J connectivity index is 2.05. The van der Waals surface area contributed by atoms with Gasteiger partial charge in [0.25, 0.3) is 0 Å². The van der Waals surface area contributed by atoms with Crippen LogP contribution in [-0.2, 0) is 6.54 Å². The Morgan fingerprint density at radius 1 is 1.44 bits per heavy atom. The zero-order chi connectivity index (χ0) is 11.4. The molecule has 16 heavy (non-hydrogen) atoms. The molecule has 2 rings (SSSR count). The van der Waals surface area contributed by atoms with Crippen LogP contribution in [0.4, 0.5) is 0 Å². The van der Waals surface area contributed by atoms with Crippen molar-refractivity contribution in [2.75, 3.05) is 6.54 Å². The van der Waals surface area contributed by atoms with Crippen LogP contribution in [0.3, 0.4) is 0 Å². The second-order valence-corrected chi connectivity index (χ2v) is 4.04. The fraction of sp³-hybridized carbons (Fsp3) is 0.250. The van der Waals surface area contributed by atoms with Gasteiger partial charge in [0.2, 0.25) is 0 Å². The van der Waals surface area contributed by atoms with Crippen molar-refractivity contribution in [1.29, 1.82) is 0 Å². The van der Waals surface area contributed by atoms with E-state index in [1.165, 1.54) is 0 Å².